The number of benzene rings is 1. The second-order valence-electron chi connectivity index (χ2n) is 5.77. The van der Waals surface area contributed by atoms with Crippen LogP contribution in [0.2, 0.25) is 0 Å². The smallest absolute Gasteiger partial charge is 0.257 e. The van der Waals surface area contributed by atoms with Gasteiger partial charge in [0.25, 0.3) is 5.91 Å². The van der Waals surface area contributed by atoms with Gasteiger partial charge in [0, 0.05) is 0 Å². The molecule has 0 unspecified atom stereocenters. The minimum atomic E-state index is -0.322. The van der Waals surface area contributed by atoms with Crippen LogP contribution in [0.3, 0.4) is 0 Å². The Morgan fingerprint density at radius 2 is 2.05 bits per heavy atom. The lowest BCUT2D eigenvalue weighted by molar-refractivity contribution is -0.116. The highest BCUT2D eigenvalue weighted by atomic mass is 16.3. The average molecular weight is 301 g/mol. The third-order valence-corrected chi connectivity index (χ3v) is 4.04. The van der Waals surface area contributed by atoms with Gasteiger partial charge in [0.2, 0.25) is 0 Å². The maximum absolute atomic E-state index is 12.1. The van der Waals surface area contributed by atoms with E-state index in [2.05, 4.69) is 15.8 Å². The Balaban J connectivity index is 2.18. The zero-order valence-corrected chi connectivity index (χ0v) is 13.5. The van der Waals surface area contributed by atoms with Crippen molar-refractivity contribution in [3.05, 3.63) is 41.2 Å². The average Bonchev–Trinajstić information content (AvgIpc) is 2.80. The standard InChI is InChI=1S/C17H23N3O2/c1-5-11(3)15-16(21)14(17(22)18-15)12(4)19-20-13-8-6-10(2)7-9-13/h6-9,11,15,20-21H,5H2,1-4H3,(H,18,22)/t11-,15+/m0/s1. The van der Waals surface area contributed by atoms with Crippen LogP contribution < -0.4 is 10.7 Å². The molecule has 1 aliphatic heterocycles. The number of hydrogen-bond acceptors (Lipinski definition) is 4. The molecular weight excluding hydrogens is 278 g/mol. The van der Waals surface area contributed by atoms with Crippen LogP contribution in [0.4, 0.5) is 5.69 Å². The number of rotatable bonds is 5. The lowest BCUT2D eigenvalue weighted by Gasteiger charge is -2.17. The summed E-state index contributed by atoms with van der Waals surface area (Å²) < 4.78 is 0. The molecule has 2 rings (SSSR count). The second kappa shape index (κ2) is 6.64. The molecule has 0 radical (unpaired) electrons. The highest BCUT2D eigenvalue weighted by Crippen LogP contribution is 2.24. The van der Waals surface area contributed by atoms with Gasteiger partial charge in [-0.25, -0.2) is 0 Å². The van der Waals surface area contributed by atoms with E-state index in [-0.39, 0.29) is 29.2 Å². The van der Waals surface area contributed by atoms with Crippen molar-refractivity contribution < 1.29 is 9.90 Å². The van der Waals surface area contributed by atoms with Crippen molar-refractivity contribution in [2.45, 2.75) is 40.2 Å². The summed E-state index contributed by atoms with van der Waals surface area (Å²) in [6, 6.07) is 7.46. The Hall–Kier alpha value is -2.30. The maximum Gasteiger partial charge on any atom is 0.257 e. The molecule has 1 aromatic carbocycles. The van der Waals surface area contributed by atoms with Gasteiger partial charge in [0.1, 0.15) is 11.3 Å². The van der Waals surface area contributed by atoms with Crippen molar-refractivity contribution in [2.75, 3.05) is 5.43 Å². The van der Waals surface area contributed by atoms with Crippen LogP contribution >= 0.6 is 0 Å². The number of aryl methyl sites for hydroxylation is 1. The van der Waals surface area contributed by atoms with Crippen LogP contribution in [0.1, 0.15) is 32.8 Å². The van der Waals surface area contributed by atoms with E-state index in [4.69, 9.17) is 0 Å². The van der Waals surface area contributed by atoms with Crippen LogP contribution in [-0.4, -0.2) is 22.8 Å². The third-order valence-electron chi connectivity index (χ3n) is 4.04. The van der Waals surface area contributed by atoms with Gasteiger partial charge in [-0.15, -0.1) is 0 Å². The van der Waals surface area contributed by atoms with Gasteiger partial charge in [0.05, 0.1) is 17.4 Å². The first kappa shape index (κ1) is 16.1. The van der Waals surface area contributed by atoms with E-state index in [1.165, 1.54) is 0 Å². The van der Waals surface area contributed by atoms with E-state index in [1.807, 2.05) is 45.0 Å². The van der Waals surface area contributed by atoms with Gasteiger partial charge in [-0.1, -0.05) is 38.0 Å². The van der Waals surface area contributed by atoms with Crippen molar-refractivity contribution in [3.63, 3.8) is 0 Å². The largest absolute Gasteiger partial charge is 0.509 e. The quantitative estimate of drug-likeness (QED) is 0.578. The highest BCUT2D eigenvalue weighted by molar-refractivity contribution is 6.22. The summed E-state index contributed by atoms with van der Waals surface area (Å²) in [5.74, 6) is 0.000343. The van der Waals surface area contributed by atoms with Crippen LogP contribution in [0.15, 0.2) is 40.7 Å². The molecule has 0 bridgehead atoms. The summed E-state index contributed by atoms with van der Waals surface area (Å²) in [5, 5.41) is 17.3. The molecule has 0 aliphatic carbocycles. The molecule has 1 amide bonds. The van der Waals surface area contributed by atoms with E-state index in [0.717, 1.165) is 17.7 Å². The van der Waals surface area contributed by atoms with Crippen LogP contribution in [0, 0.1) is 12.8 Å². The normalized spacial score (nSPS) is 20.1. The molecular formula is C17H23N3O2. The zero-order chi connectivity index (χ0) is 16.3. The first-order valence-electron chi connectivity index (χ1n) is 7.55. The Labute approximate surface area is 131 Å². The Morgan fingerprint density at radius 3 is 2.64 bits per heavy atom. The van der Waals surface area contributed by atoms with Crippen LogP contribution in [0.25, 0.3) is 0 Å². The molecule has 3 N–H and O–H groups in total. The number of aliphatic hydroxyl groups is 1. The lowest BCUT2D eigenvalue weighted by Crippen LogP contribution is -2.34. The van der Waals surface area contributed by atoms with Gasteiger partial charge in [-0.05, 0) is 31.9 Å². The van der Waals surface area contributed by atoms with Crippen LogP contribution in [0.5, 0.6) is 0 Å². The fourth-order valence-corrected chi connectivity index (χ4v) is 2.38. The van der Waals surface area contributed by atoms with Gasteiger partial charge in [-0.2, -0.15) is 5.10 Å². The van der Waals surface area contributed by atoms with E-state index in [0.29, 0.717) is 5.71 Å². The molecule has 1 aromatic rings. The summed E-state index contributed by atoms with van der Waals surface area (Å²) in [4.78, 5) is 12.1. The predicted molar refractivity (Wildman–Crippen MR) is 89.0 cm³/mol. The van der Waals surface area contributed by atoms with E-state index in [1.54, 1.807) is 6.92 Å². The molecule has 118 valence electrons. The Kier molecular flexibility index (Phi) is 4.85. The molecule has 1 heterocycles. The van der Waals surface area contributed by atoms with E-state index >= 15 is 0 Å². The summed E-state index contributed by atoms with van der Waals surface area (Å²) in [6.07, 6.45) is 0.875. The summed E-state index contributed by atoms with van der Waals surface area (Å²) in [7, 11) is 0. The van der Waals surface area contributed by atoms with Gasteiger partial charge >= 0.3 is 0 Å². The molecule has 2 atom stereocenters. The van der Waals surface area contributed by atoms with E-state index in [9.17, 15) is 9.90 Å². The number of aliphatic hydroxyl groups excluding tert-OH is 1. The molecule has 0 saturated heterocycles. The van der Waals surface area contributed by atoms with Crippen LogP contribution in [-0.2, 0) is 4.79 Å². The van der Waals surface area contributed by atoms with Gasteiger partial charge < -0.3 is 10.4 Å². The number of carbonyl (C=O) groups is 1. The first-order chi connectivity index (χ1) is 10.4. The fraction of sp³-hybridized carbons (Fsp3) is 0.412. The zero-order valence-electron chi connectivity index (χ0n) is 13.5. The molecule has 0 saturated carbocycles. The molecule has 0 aromatic heterocycles. The number of nitrogens with one attached hydrogen (secondary N) is 2. The van der Waals surface area contributed by atoms with Gasteiger partial charge in [-0.3, -0.25) is 10.2 Å². The Morgan fingerprint density at radius 1 is 1.41 bits per heavy atom. The summed E-state index contributed by atoms with van der Waals surface area (Å²) >= 11 is 0. The first-order valence-corrected chi connectivity index (χ1v) is 7.55. The minimum absolute atomic E-state index is 0.0892. The fourth-order valence-electron chi connectivity index (χ4n) is 2.38. The SMILES string of the molecule is CC[C@H](C)[C@H]1NC(=O)C(C(C)=NNc2ccc(C)cc2)=C1O. The maximum atomic E-state index is 12.1. The molecule has 1 aliphatic rings. The molecule has 5 nitrogen and oxygen atoms in total. The number of amides is 1. The monoisotopic (exact) mass is 301 g/mol. The van der Waals surface area contributed by atoms with Crippen molar-refractivity contribution in [1.82, 2.24) is 5.32 Å². The Bertz CT molecular complexity index is 617. The highest BCUT2D eigenvalue weighted by Gasteiger charge is 2.35. The number of anilines is 1. The molecule has 0 spiro atoms. The second-order valence-corrected chi connectivity index (χ2v) is 5.77. The summed E-state index contributed by atoms with van der Waals surface area (Å²) in [5.41, 5.74) is 5.65. The topological polar surface area (TPSA) is 73.7 Å². The van der Waals surface area contributed by atoms with Crippen molar-refractivity contribution in [3.8, 4) is 0 Å². The molecule has 22 heavy (non-hydrogen) atoms. The predicted octanol–water partition coefficient (Wildman–Crippen LogP) is 3.14. The third kappa shape index (κ3) is 3.30. The molecule has 0 fully saturated rings. The number of nitrogens with zero attached hydrogens (tertiary/aromatic N) is 1. The lowest BCUT2D eigenvalue weighted by atomic mass is 9.97. The van der Waals surface area contributed by atoms with Gasteiger partial charge in [0.15, 0.2) is 0 Å². The number of hydrazone groups is 1. The minimum Gasteiger partial charge on any atom is -0.509 e. The van der Waals surface area contributed by atoms with Crippen molar-refractivity contribution in [1.29, 1.82) is 0 Å². The number of hydrogen-bond donors (Lipinski definition) is 3. The summed E-state index contributed by atoms with van der Waals surface area (Å²) in [6.45, 7) is 7.76. The van der Waals surface area contributed by atoms with Crippen molar-refractivity contribution in [2.24, 2.45) is 11.0 Å². The van der Waals surface area contributed by atoms with Crippen molar-refractivity contribution >= 4 is 17.3 Å². The molecule has 5 heteroatoms. The van der Waals surface area contributed by atoms with E-state index < -0.39 is 0 Å². The number of carbonyl (C=O) groups excluding carboxylic acids is 1.